The highest BCUT2D eigenvalue weighted by Gasteiger charge is 2.22. The molecule has 0 saturated carbocycles. The second kappa shape index (κ2) is 8.20. The zero-order chi connectivity index (χ0) is 18.5. The van der Waals surface area contributed by atoms with E-state index >= 15 is 0 Å². The van der Waals surface area contributed by atoms with Crippen molar-refractivity contribution in [1.29, 1.82) is 0 Å². The predicted octanol–water partition coefficient (Wildman–Crippen LogP) is 2.42. The van der Waals surface area contributed by atoms with Crippen LogP contribution in [-0.4, -0.2) is 59.6 Å². The topological polar surface area (TPSA) is 90.7 Å². The van der Waals surface area contributed by atoms with Crippen molar-refractivity contribution >= 4 is 35.0 Å². The Labute approximate surface area is 156 Å². The van der Waals surface area contributed by atoms with Gasteiger partial charge in [0, 0.05) is 43.0 Å². The molecular weight excluding hydrogens is 358 g/mol. The number of carbonyl (C=O) groups is 2. The van der Waals surface area contributed by atoms with Gasteiger partial charge in [0.2, 0.25) is 5.91 Å². The molecule has 0 spiro atoms. The molecule has 0 radical (unpaired) electrons. The largest absolute Gasteiger partial charge is 0.360 e. The lowest BCUT2D eigenvalue weighted by Gasteiger charge is -2.34. The van der Waals surface area contributed by atoms with Crippen molar-refractivity contribution in [2.75, 3.05) is 43.4 Å². The fraction of sp³-hybridized carbons (Fsp3) is 0.353. The summed E-state index contributed by atoms with van der Waals surface area (Å²) in [7, 11) is 0. The molecule has 0 aliphatic carbocycles. The van der Waals surface area contributed by atoms with Gasteiger partial charge >= 0.3 is 6.03 Å². The Morgan fingerprint density at radius 3 is 2.62 bits per heavy atom. The van der Waals surface area contributed by atoms with Crippen LogP contribution in [-0.2, 0) is 4.79 Å². The van der Waals surface area contributed by atoms with Crippen molar-refractivity contribution < 1.29 is 14.1 Å². The number of nitrogens with zero attached hydrogens (tertiary/aromatic N) is 3. The van der Waals surface area contributed by atoms with Crippen molar-refractivity contribution in [3.63, 3.8) is 0 Å². The molecule has 2 aromatic rings. The van der Waals surface area contributed by atoms with E-state index < -0.39 is 0 Å². The van der Waals surface area contributed by atoms with Gasteiger partial charge in [-0.2, -0.15) is 0 Å². The van der Waals surface area contributed by atoms with Gasteiger partial charge in [0.05, 0.1) is 6.54 Å². The van der Waals surface area contributed by atoms with E-state index in [-0.39, 0.29) is 18.5 Å². The third kappa shape index (κ3) is 4.96. The molecule has 1 aliphatic heterocycles. The normalized spacial score (nSPS) is 14.9. The van der Waals surface area contributed by atoms with Gasteiger partial charge in [-0.15, -0.1) is 0 Å². The average molecular weight is 378 g/mol. The fourth-order valence-electron chi connectivity index (χ4n) is 2.69. The third-order valence-corrected chi connectivity index (χ3v) is 4.23. The summed E-state index contributed by atoms with van der Waals surface area (Å²) in [6, 6.07) is 8.51. The lowest BCUT2D eigenvalue weighted by atomic mass is 10.3. The zero-order valence-electron chi connectivity index (χ0n) is 14.4. The number of piperazine rings is 1. The summed E-state index contributed by atoms with van der Waals surface area (Å²) in [5.41, 5.74) is 0.659. The Morgan fingerprint density at radius 1 is 1.19 bits per heavy atom. The molecule has 9 heteroatoms. The number of benzene rings is 1. The average Bonchev–Trinajstić information content (AvgIpc) is 3.00. The third-order valence-electron chi connectivity index (χ3n) is 4.00. The minimum atomic E-state index is -0.172. The van der Waals surface area contributed by atoms with Gasteiger partial charge in [0.15, 0.2) is 5.82 Å². The zero-order valence-corrected chi connectivity index (χ0v) is 15.1. The summed E-state index contributed by atoms with van der Waals surface area (Å²) in [6.45, 7) is 4.33. The van der Waals surface area contributed by atoms with Crippen LogP contribution in [0.2, 0.25) is 5.02 Å². The van der Waals surface area contributed by atoms with Crippen molar-refractivity contribution in [3.05, 3.63) is 41.1 Å². The standard InChI is InChI=1S/C17H20ClN5O3/c1-12-9-15(21-26-12)20-16(24)11-22-5-7-23(8-6-22)17(25)19-14-4-2-3-13(18)10-14/h2-4,9-10H,5-8,11H2,1H3,(H,19,25)(H,20,21,24). The number of urea groups is 1. The van der Waals surface area contributed by atoms with Crippen LogP contribution in [0.25, 0.3) is 0 Å². The molecule has 0 atom stereocenters. The van der Waals surface area contributed by atoms with Gasteiger partial charge in [-0.25, -0.2) is 4.79 Å². The molecule has 3 amide bonds. The number of carbonyl (C=O) groups excluding carboxylic acids is 2. The van der Waals surface area contributed by atoms with E-state index in [1.165, 1.54) is 0 Å². The van der Waals surface area contributed by atoms with Crippen molar-refractivity contribution in [2.24, 2.45) is 0 Å². The first-order valence-corrected chi connectivity index (χ1v) is 8.64. The van der Waals surface area contributed by atoms with E-state index in [0.717, 1.165) is 0 Å². The van der Waals surface area contributed by atoms with Crippen LogP contribution < -0.4 is 10.6 Å². The molecule has 138 valence electrons. The van der Waals surface area contributed by atoms with Crippen LogP contribution in [0.15, 0.2) is 34.9 Å². The molecule has 0 bridgehead atoms. The highest BCUT2D eigenvalue weighted by atomic mass is 35.5. The first kappa shape index (κ1) is 18.2. The molecule has 1 aromatic carbocycles. The summed E-state index contributed by atoms with van der Waals surface area (Å²) in [4.78, 5) is 28.1. The number of rotatable bonds is 4. The number of aryl methyl sites for hydroxylation is 1. The highest BCUT2D eigenvalue weighted by Crippen LogP contribution is 2.16. The lowest BCUT2D eigenvalue weighted by Crippen LogP contribution is -2.51. The summed E-state index contributed by atoms with van der Waals surface area (Å²) < 4.78 is 4.91. The van der Waals surface area contributed by atoms with E-state index in [1.54, 1.807) is 42.2 Å². The first-order chi connectivity index (χ1) is 12.5. The maximum atomic E-state index is 12.3. The SMILES string of the molecule is Cc1cc(NC(=O)CN2CCN(C(=O)Nc3cccc(Cl)c3)CC2)no1. The Bertz CT molecular complexity index is 786. The Kier molecular flexibility index (Phi) is 5.75. The molecule has 2 N–H and O–H groups in total. The van der Waals surface area contributed by atoms with E-state index in [1.807, 2.05) is 4.90 Å². The van der Waals surface area contributed by atoms with E-state index in [0.29, 0.717) is 48.5 Å². The van der Waals surface area contributed by atoms with Gasteiger partial charge < -0.3 is 20.1 Å². The second-order valence-corrected chi connectivity index (χ2v) is 6.51. The number of amides is 3. The molecule has 2 heterocycles. The molecule has 3 rings (SSSR count). The second-order valence-electron chi connectivity index (χ2n) is 6.07. The minimum Gasteiger partial charge on any atom is -0.360 e. The molecule has 1 aliphatic rings. The van der Waals surface area contributed by atoms with Gasteiger partial charge in [-0.05, 0) is 25.1 Å². The highest BCUT2D eigenvalue weighted by molar-refractivity contribution is 6.30. The smallest absolute Gasteiger partial charge is 0.321 e. The maximum Gasteiger partial charge on any atom is 0.321 e. The number of hydrogen-bond acceptors (Lipinski definition) is 5. The molecule has 26 heavy (non-hydrogen) atoms. The van der Waals surface area contributed by atoms with Crippen LogP contribution in [0.5, 0.6) is 0 Å². The summed E-state index contributed by atoms with van der Waals surface area (Å²) in [5.74, 6) is 0.891. The maximum absolute atomic E-state index is 12.3. The number of anilines is 2. The van der Waals surface area contributed by atoms with Crippen LogP contribution in [0.4, 0.5) is 16.3 Å². The molecule has 1 aromatic heterocycles. The van der Waals surface area contributed by atoms with Crippen molar-refractivity contribution in [1.82, 2.24) is 15.0 Å². The van der Waals surface area contributed by atoms with Crippen LogP contribution in [0.1, 0.15) is 5.76 Å². The van der Waals surface area contributed by atoms with Crippen LogP contribution in [0.3, 0.4) is 0 Å². The first-order valence-electron chi connectivity index (χ1n) is 8.26. The van der Waals surface area contributed by atoms with Crippen LogP contribution in [0, 0.1) is 6.92 Å². The van der Waals surface area contributed by atoms with Crippen molar-refractivity contribution in [3.8, 4) is 0 Å². The monoisotopic (exact) mass is 377 g/mol. The van der Waals surface area contributed by atoms with E-state index in [4.69, 9.17) is 16.1 Å². The number of hydrogen-bond donors (Lipinski definition) is 2. The summed E-state index contributed by atoms with van der Waals surface area (Å²) in [6.07, 6.45) is 0. The Hall–Kier alpha value is -2.58. The van der Waals surface area contributed by atoms with Gasteiger partial charge in [0.1, 0.15) is 5.76 Å². The fourth-order valence-corrected chi connectivity index (χ4v) is 2.88. The molecule has 1 saturated heterocycles. The number of nitrogens with one attached hydrogen (secondary N) is 2. The van der Waals surface area contributed by atoms with Crippen molar-refractivity contribution in [2.45, 2.75) is 6.92 Å². The van der Waals surface area contributed by atoms with Gasteiger partial charge in [0.25, 0.3) is 0 Å². The van der Waals surface area contributed by atoms with Gasteiger partial charge in [-0.3, -0.25) is 9.69 Å². The van der Waals surface area contributed by atoms with E-state index in [2.05, 4.69) is 15.8 Å². The molecule has 0 unspecified atom stereocenters. The number of aromatic nitrogens is 1. The Balaban J connectivity index is 1.43. The van der Waals surface area contributed by atoms with E-state index in [9.17, 15) is 9.59 Å². The Morgan fingerprint density at radius 2 is 1.96 bits per heavy atom. The lowest BCUT2D eigenvalue weighted by molar-refractivity contribution is -0.117. The minimum absolute atomic E-state index is 0.157. The molecule has 8 nitrogen and oxygen atoms in total. The molecule has 1 fully saturated rings. The van der Waals surface area contributed by atoms with Gasteiger partial charge in [-0.1, -0.05) is 22.8 Å². The number of halogens is 1. The predicted molar refractivity (Wildman–Crippen MR) is 98.4 cm³/mol. The molecular formula is C17H20ClN5O3. The summed E-state index contributed by atoms with van der Waals surface area (Å²) >= 11 is 5.92. The summed E-state index contributed by atoms with van der Waals surface area (Å²) in [5, 5.41) is 9.82. The quantitative estimate of drug-likeness (QED) is 0.853. The van der Waals surface area contributed by atoms with Crippen LogP contribution >= 0.6 is 11.6 Å².